The van der Waals surface area contributed by atoms with Crippen molar-refractivity contribution in [3.05, 3.63) is 99.2 Å². The molecule has 0 aliphatic carbocycles. The summed E-state index contributed by atoms with van der Waals surface area (Å²) < 4.78 is 15.6. The minimum atomic E-state index is -0.533. The maximum Gasteiger partial charge on any atom is 0.141 e. The van der Waals surface area contributed by atoms with Crippen LogP contribution in [0.15, 0.2) is 60.9 Å². The number of rotatable bonds is 7. The Bertz CT molecular complexity index is 1830. The molecule has 1 aliphatic heterocycles. The van der Waals surface area contributed by atoms with Gasteiger partial charge < -0.3 is 16.0 Å². The quantitative estimate of drug-likeness (QED) is 0.180. The van der Waals surface area contributed by atoms with Gasteiger partial charge in [-0.25, -0.2) is 9.07 Å². The second-order valence-electron chi connectivity index (χ2n) is 10.1. The topological polar surface area (TPSA) is 103 Å². The first kappa shape index (κ1) is 26.8. The number of fused-ring (bicyclic) bond motifs is 2. The molecular formula is C30H25Cl2FN8. The maximum atomic E-state index is 13.8. The second-order valence-corrected chi connectivity index (χ2v) is 10.9. The molecule has 3 heterocycles. The first-order valence-corrected chi connectivity index (χ1v) is 13.9. The molecule has 8 nitrogen and oxygen atoms in total. The van der Waals surface area contributed by atoms with Gasteiger partial charge in [0.2, 0.25) is 0 Å². The molecule has 3 aromatic carbocycles. The van der Waals surface area contributed by atoms with Gasteiger partial charge >= 0.3 is 0 Å². The first-order chi connectivity index (χ1) is 19.8. The molecule has 0 spiro atoms. The van der Waals surface area contributed by atoms with Crippen LogP contribution in [0.2, 0.25) is 10.0 Å². The number of nitrogens with zero attached hydrogens (tertiary/aromatic N) is 5. The van der Waals surface area contributed by atoms with Crippen LogP contribution < -0.4 is 16.0 Å². The number of anilines is 4. The van der Waals surface area contributed by atoms with E-state index in [4.69, 9.17) is 23.2 Å². The van der Waals surface area contributed by atoms with E-state index in [1.165, 1.54) is 23.9 Å². The van der Waals surface area contributed by atoms with Gasteiger partial charge in [-0.05, 0) is 67.8 Å². The van der Waals surface area contributed by atoms with Crippen molar-refractivity contribution in [2.45, 2.75) is 32.4 Å². The highest BCUT2D eigenvalue weighted by Gasteiger charge is 2.25. The Kier molecular flexibility index (Phi) is 7.12. The fraction of sp³-hybridized carbons (Fsp3) is 0.200. The maximum absolute atomic E-state index is 13.8. The predicted molar refractivity (Wildman–Crippen MR) is 161 cm³/mol. The molecule has 1 atom stereocenters. The molecule has 0 fully saturated rings. The van der Waals surface area contributed by atoms with Gasteiger partial charge in [-0.3, -0.25) is 4.98 Å². The molecule has 0 amide bonds. The summed E-state index contributed by atoms with van der Waals surface area (Å²) in [5, 5.41) is 30.0. The molecule has 206 valence electrons. The van der Waals surface area contributed by atoms with E-state index >= 15 is 0 Å². The Morgan fingerprint density at radius 1 is 1.10 bits per heavy atom. The van der Waals surface area contributed by atoms with Crippen molar-refractivity contribution in [3.63, 3.8) is 0 Å². The SMILES string of the molecule is CC(C)n1cc([C@@H](Nc2cc(Cl)c3ncc(C#N)c(Nc4ccc(F)c(Cl)c4)c3c2)c2cccc3c2CCN3)nn1. The van der Waals surface area contributed by atoms with Crippen LogP contribution in [0.5, 0.6) is 0 Å². The average molecular weight is 587 g/mol. The Balaban J connectivity index is 1.47. The Morgan fingerprint density at radius 3 is 2.68 bits per heavy atom. The Labute approximate surface area is 246 Å². The largest absolute Gasteiger partial charge is 0.384 e. The van der Waals surface area contributed by atoms with Crippen molar-refractivity contribution in [3.8, 4) is 6.07 Å². The van der Waals surface area contributed by atoms with Crippen LogP contribution in [-0.4, -0.2) is 26.5 Å². The average Bonchev–Trinajstić information content (AvgIpc) is 3.64. The van der Waals surface area contributed by atoms with Gasteiger partial charge in [0.25, 0.3) is 0 Å². The third-order valence-corrected chi connectivity index (χ3v) is 7.69. The highest BCUT2D eigenvalue weighted by molar-refractivity contribution is 6.36. The number of pyridine rings is 1. The van der Waals surface area contributed by atoms with Crippen molar-refractivity contribution in [2.75, 3.05) is 22.5 Å². The van der Waals surface area contributed by atoms with E-state index in [1.807, 2.05) is 29.1 Å². The summed E-state index contributed by atoms with van der Waals surface area (Å²) in [6.07, 6.45) is 4.31. The molecule has 11 heteroatoms. The van der Waals surface area contributed by atoms with E-state index in [0.717, 1.165) is 29.9 Å². The number of nitriles is 1. The summed E-state index contributed by atoms with van der Waals surface area (Å²) in [6.45, 7) is 4.97. The minimum Gasteiger partial charge on any atom is -0.384 e. The third-order valence-electron chi connectivity index (χ3n) is 7.11. The van der Waals surface area contributed by atoms with E-state index in [-0.39, 0.29) is 17.1 Å². The molecule has 1 aliphatic rings. The molecule has 0 unspecified atom stereocenters. The minimum absolute atomic E-state index is 0.0329. The van der Waals surface area contributed by atoms with E-state index in [1.54, 1.807) is 6.07 Å². The fourth-order valence-electron chi connectivity index (χ4n) is 5.08. The van der Waals surface area contributed by atoms with Crippen molar-refractivity contribution in [2.24, 2.45) is 0 Å². The van der Waals surface area contributed by atoms with E-state index < -0.39 is 5.82 Å². The van der Waals surface area contributed by atoms with E-state index in [2.05, 4.69) is 63.3 Å². The molecule has 5 aromatic rings. The van der Waals surface area contributed by atoms with Gasteiger partial charge in [0.05, 0.1) is 39.1 Å². The zero-order valence-electron chi connectivity index (χ0n) is 22.2. The standard InChI is InChI=1S/C30H25Cl2FN8/c1-16(2)41-15-27(39-40-41)30(21-4-3-5-26-20(21)8-9-35-26)38-19-10-22-28(37-18-6-7-25(33)23(31)11-18)17(13-34)14-36-29(22)24(32)12-19/h3-7,10-12,14-16,30,35,38H,8-9H2,1-2H3,(H,36,37)/t30-/m0/s1. The summed E-state index contributed by atoms with van der Waals surface area (Å²) >= 11 is 12.8. The number of hydrogen-bond acceptors (Lipinski definition) is 7. The van der Waals surface area contributed by atoms with Crippen LogP contribution in [0.25, 0.3) is 10.9 Å². The second kappa shape index (κ2) is 10.9. The van der Waals surface area contributed by atoms with Crippen molar-refractivity contribution >= 4 is 56.9 Å². The van der Waals surface area contributed by atoms with Crippen LogP contribution in [0.4, 0.5) is 27.1 Å². The van der Waals surface area contributed by atoms with E-state index in [0.29, 0.717) is 38.6 Å². The molecule has 0 saturated heterocycles. The van der Waals surface area contributed by atoms with Crippen molar-refractivity contribution in [1.29, 1.82) is 5.26 Å². The van der Waals surface area contributed by atoms with Crippen LogP contribution in [0.3, 0.4) is 0 Å². The molecule has 6 rings (SSSR count). The van der Waals surface area contributed by atoms with Crippen molar-refractivity contribution < 1.29 is 4.39 Å². The lowest BCUT2D eigenvalue weighted by molar-refractivity contribution is 0.514. The summed E-state index contributed by atoms with van der Waals surface area (Å²) in [7, 11) is 0. The smallest absolute Gasteiger partial charge is 0.141 e. The summed E-state index contributed by atoms with van der Waals surface area (Å²) in [5.74, 6) is -0.533. The highest BCUT2D eigenvalue weighted by atomic mass is 35.5. The molecule has 3 N–H and O–H groups in total. The summed E-state index contributed by atoms with van der Waals surface area (Å²) in [5.41, 5.74) is 6.69. The number of halogens is 3. The number of nitrogens with one attached hydrogen (secondary N) is 3. The summed E-state index contributed by atoms with van der Waals surface area (Å²) in [4.78, 5) is 4.45. The fourth-order valence-corrected chi connectivity index (χ4v) is 5.52. The van der Waals surface area contributed by atoms with Gasteiger partial charge in [0.1, 0.15) is 17.6 Å². The predicted octanol–water partition coefficient (Wildman–Crippen LogP) is 7.64. The van der Waals surface area contributed by atoms with Gasteiger partial charge in [0.15, 0.2) is 0 Å². The Hall–Kier alpha value is -4.39. The zero-order valence-corrected chi connectivity index (χ0v) is 23.7. The summed E-state index contributed by atoms with van der Waals surface area (Å²) in [6, 6.07) is 16.2. The van der Waals surface area contributed by atoms with Crippen LogP contribution in [0.1, 0.15) is 48.3 Å². The molecule has 0 saturated carbocycles. The number of benzene rings is 3. The lowest BCUT2D eigenvalue weighted by Gasteiger charge is -2.22. The van der Waals surface area contributed by atoms with Gasteiger partial charge in [-0.15, -0.1) is 5.10 Å². The van der Waals surface area contributed by atoms with Crippen LogP contribution in [-0.2, 0) is 6.42 Å². The molecule has 41 heavy (non-hydrogen) atoms. The molecule has 0 radical (unpaired) electrons. The normalized spacial score (nSPS) is 13.1. The van der Waals surface area contributed by atoms with Crippen LogP contribution in [0, 0.1) is 17.1 Å². The number of aromatic nitrogens is 4. The van der Waals surface area contributed by atoms with Crippen molar-refractivity contribution in [1.82, 2.24) is 20.0 Å². The van der Waals surface area contributed by atoms with Gasteiger partial charge in [0, 0.05) is 41.2 Å². The van der Waals surface area contributed by atoms with Gasteiger partial charge in [-0.2, -0.15) is 5.26 Å². The highest BCUT2D eigenvalue weighted by Crippen LogP contribution is 2.39. The van der Waals surface area contributed by atoms with Gasteiger partial charge in [-0.1, -0.05) is 40.5 Å². The zero-order chi connectivity index (χ0) is 28.7. The monoisotopic (exact) mass is 586 g/mol. The molecule has 0 bridgehead atoms. The van der Waals surface area contributed by atoms with Crippen LogP contribution >= 0.6 is 23.2 Å². The Morgan fingerprint density at radius 2 is 1.93 bits per heavy atom. The van der Waals surface area contributed by atoms with E-state index in [9.17, 15) is 9.65 Å². The molecule has 2 aromatic heterocycles. The molecular weight excluding hydrogens is 562 g/mol. The third kappa shape index (κ3) is 5.12. The first-order valence-electron chi connectivity index (χ1n) is 13.1. The lowest BCUT2D eigenvalue weighted by atomic mass is 9.96. The number of hydrogen-bond donors (Lipinski definition) is 3. The lowest BCUT2D eigenvalue weighted by Crippen LogP contribution is -2.15.